The number of hydrogen-bond donors (Lipinski definition) is 2. The van der Waals surface area contributed by atoms with Crippen molar-refractivity contribution in [2.75, 3.05) is 26.2 Å². The van der Waals surface area contributed by atoms with Gasteiger partial charge in [0.05, 0.1) is 6.10 Å². The summed E-state index contributed by atoms with van der Waals surface area (Å²) in [5.74, 6) is -0.281. The summed E-state index contributed by atoms with van der Waals surface area (Å²) in [6, 6.07) is 0.0699. The molecule has 0 aromatic heterocycles. The molecule has 0 aromatic rings. The van der Waals surface area contributed by atoms with E-state index in [2.05, 4.69) is 11.8 Å². The minimum atomic E-state index is -0.281. The van der Waals surface area contributed by atoms with Gasteiger partial charge in [0.15, 0.2) is 0 Å². The Labute approximate surface area is 103 Å². The fourth-order valence-corrected chi connectivity index (χ4v) is 2.31. The average molecular weight is 243 g/mol. The maximum atomic E-state index is 11.0. The van der Waals surface area contributed by atoms with E-state index < -0.39 is 0 Å². The molecule has 0 aromatic carbocycles. The molecule has 0 spiro atoms. The SMILES string of the molecule is CCCOC1CCCN(C(CN)CC(N)=O)C1. The summed E-state index contributed by atoms with van der Waals surface area (Å²) in [5.41, 5.74) is 10.9. The van der Waals surface area contributed by atoms with Crippen LogP contribution in [0, 0.1) is 0 Å². The van der Waals surface area contributed by atoms with Gasteiger partial charge in [-0.1, -0.05) is 6.92 Å². The van der Waals surface area contributed by atoms with E-state index in [1.54, 1.807) is 0 Å². The number of carbonyl (C=O) groups is 1. The van der Waals surface area contributed by atoms with Gasteiger partial charge in [-0.2, -0.15) is 0 Å². The Morgan fingerprint density at radius 1 is 1.59 bits per heavy atom. The summed E-state index contributed by atoms with van der Waals surface area (Å²) in [6.07, 6.45) is 3.87. The molecule has 1 saturated heterocycles. The summed E-state index contributed by atoms with van der Waals surface area (Å²) in [4.78, 5) is 13.2. The lowest BCUT2D eigenvalue weighted by Gasteiger charge is -2.37. The van der Waals surface area contributed by atoms with E-state index in [1.807, 2.05) is 0 Å². The van der Waals surface area contributed by atoms with E-state index in [0.717, 1.165) is 39.0 Å². The number of carbonyl (C=O) groups excluding carboxylic acids is 1. The van der Waals surface area contributed by atoms with Crippen LogP contribution in [0.25, 0.3) is 0 Å². The molecule has 1 aliphatic rings. The van der Waals surface area contributed by atoms with Crippen molar-refractivity contribution in [3.05, 3.63) is 0 Å². The molecule has 0 radical (unpaired) electrons. The first kappa shape index (κ1) is 14.4. The standard InChI is InChI=1S/C12H25N3O2/c1-2-6-17-11-4-3-5-15(9-11)10(8-13)7-12(14)16/h10-11H,2-9,13H2,1H3,(H2,14,16). The summed E-state index contributed by atoms with van der Waals surface area (Å²) in [5, 5.41) is 0. The highest BCUT2D eigenvalue weighted by Crippen LogP contribution is 2.17. The van der Waals surface area contributed by atoms with E-state index in [-0.39, 0.29) is 18.1 Å². The number of likely N-dealkylation sites (tertiary alicyclic amines) is 1. The number of nitrogens with two attached hydrogens (primary N) is 2. The number of primary amides is 1. The number of amides is 1. The summed E-state index contributed by atoms with van der Waals surface area (Å²) in [6.45, 7) is 5.25. The van der Waals surface area contributed by atoms with Crippen molar-refractivity contribution >= 4 is 5.91 Å². The number of ether oxygens (including phenoxy) is 1. The zero-order valence-electron chi connectivity index (χ0n) is 10.7. The van der Waals surface area contributed by atoms with Crippen LogP contribution < -0.4 is 11.5 Å². The first-order valence-electron chi connectivity index (χ1n) is 6.51. The summed E-state index contributed by atoms with van der Waals surface area (Å²) < 4.78 is 5.76. The second kappa shape index (κ2) is 7.63. The van der Waals surface area contributed by atoms with Crippen LogP contribution in [0.4, 0.5) is 0 Å². The molecule has 0 bridgehead atoms. The quantitative estimate of drug-likeness (QED) is 0.663. The van der Waals surface area contributed by atoms with Crippen molar-refractivity contribution in [3.8, 4) is 0 Å². The van der Waals surface area contributed by atoms with Gasteiger partial charge in [0, 0.05) is 32.2 Å². The van der Waals surface area contributed by atoms with Crippen LogP contribution in [0.1, 0.15) is 32.6 Å². The lowest BCUT2D eigenvalue weighted by Crippen LogP contribution is -2.49. The molecule has 17 heavy (non-hydrogen) atoms. The number of piperidine rings is 1. The smallest absolute Gasteiger partial charge is 0.219 e. The Morgan fingerprint density at radius 2 is 2.35 bits per heavy atom. The van der Waals surface area contributed by atoms with Crippen LogP contribution in [0.15, 0.2) is 0 Å². The van der Waals surface area contributed by atoms with E-state index in [4.69, 9.17) is 16.2 Å². The van der Waals surface area contributed by atoms with Crippen molar-refractivity contribution in [1.29, 1.82) is 0 Å². The molecular formula is C12H25N3O2. The monoisotopic (exact) mass is 243 g/mol. The fraction of sp³-hybridized carbons (Fsp3) is 0.917. The third-order valence-electron chi connectivity index (χ3n) is 3.19. The van der Waals surface area contributed by atoms with Crippen LogP contribution >= 0.6 is 0 Å². The third-order valence-corrected chi connectivity index (χ3v) is 3.19. The van der Waals surface area contributed by atoms with Crippen LogP contribution in [0.2, 0.25) is 0 Å². The zero-order valence-corrected chi connectivity index (χ0v) is 10.7. The summed E-state index contributed by atoms with van der Waals surface area (Å²) in [7, 11) is 0. The van der Waals surface area contributed by atoms with Gasteiger partial charge in [-0.15, -0.1) is 0 Å². The predicted octanol–water partition coefficient (Wildman–Crippen LogP) is 0.0801. The highest BCUT2D eigenvalue weighted by Gasteiger charge is 2.26. The molecule has 0 saturated carbocycles. The topological polar surface area (TPSA) is 81.6 Å². The highest BCUT2D eigenvalue weighted by molar-refractivity contribution is 5.74. The van der Waals surface area contributed by atoms with E-state index in [0.29, 0.717) is 13.0 Å². The molecule has 2 unspecified atom stereocenters. The fourth-order valence-electron chi connectivity index (χ4n) is 2.31. The third kappa shape index (κ3) is 5.02. The Morgan fingerprint density at radius 3 is 2.94 bits per heavy atom. The van der Waals surface area contributed by atoms with Crippen LogP contribution in [0.5, 0.6) is 0 Å². The molecule has 1 heterocycles. The van der Waals surface area contributed by atoms with Crippen molar-refractivity contribution in [2.45, 2.75) is 44.8 Å². The van der Waals surface area contributed by atoms with Gasteiger partial charge < -0.3 is 16.2 Å². The Bertz CT molecular complexity index is 236. The molecule has 1 rings (SSSR count). The average Bonchev–Trinajstić information content (AvgIpc) is 2.33. The molecular weight excluding hydrogens is 218 g/mol. The van der Waals surface area contributed by atoms with Gasteiger partial charge in [0.25, 0.3) is 0 Å². The molecule has 1 aliphatic heterocycles. The second-order valence-electron chi connectivity index (χ2n) is 4.69. The van der Waals surface area contributed by atoms with Crippen molar-refractivity contribution in [1.82, 2.24) is 4.90 Å². The second-order valence-corrected chi connectivity index (χ2v) is 4.69. The zero-order chi connectivity index (χ0) is 12.7. The molecule has 4 N–H and O–H groups in total. The minimum absolute atomic E-state index is 0.0699. The van der Waals surface area contributed by atoms with E-state index in [9.17, 15) is 4.79 Å². The van der Waals surface area contributed by atoms with E-state index in [1.165, 1.54) is 0 Å². The van der Waals surface area contributed by atoms with Gasteiger partial charge in [0.1, 0.15) is 0 Å². The first-order valence-corrected chi connectivity index (χ1v) is 6.51. The highest BCUT2D eigenvalue weighted by atomic mass is 16.5. The lowest BCUT2D eigenvalue weighted by atomic mass is 10.0. The molecule has 5 heteroatoms. The molecule has 2 atom stereocenters. The molecule has 0 aliphatic carbocycles. The lowest BCUT2D eigenvalue weighted by molar-refractivity contribution is -0.119. The predicted molar refractivity (Wildman–Crippen MR) is 67.5 cm³/mol. The maximum absolute atomic E-state index is 11.0. The molecule has 1 amide bonds. The number of hydrogen-bond acceptors (Lipinski definition) is 4. The van der Waals surface area contributed by atoms with Crippen LogP contribution in [-0.4, -0.2) is 49.2 Å². The largest absolute Gasteiger partial charge is 0.377 e. The molecule has 1 fully saturated rings. The first-order chi connectivity index (χ1) is 8.17. The van der Waals surface area contributed by atoms with Crippen molar-refractivity contribution in [3.63, 3.8) is 0 Å². The Kier molecular flexibility index (Phi) is 6.47. The van der Waals surface area contributed by atoms with Gasteiger partial charge in [0.2, 0.25) is 5.91 Å². The van der Waals surface area contributed by atoms with E-state index >= 15 is 0 Å². The number of nitrogens with zero attached hydrogens (tertiary/aromatic N) is 1. The van der Waals surface area contributed by atoms with Gasteiger partial charge in [-0.3, -0.25) is 9.69 Å². The maximum Gasteiger partial charge on any atom is 0.219 e. The van der Waals surface area contributed by atoms with Crippen LogP contribution in [-0.2, 0) is 9.53 Å². The Balaban J connectivity index is 2.43. The molecule has 5 nitrogen and oxygen atoms in total. The van der Waals surface area contributed by atoms with Crippen LogP contribution in [0.3, 0.4) is 0 Å². The minimum Gasteiger partial charge on any atom is -0.377 e. The van der Waals surface area contributed by atoms with Crippen molar-refractivity contribution in [2.24, 2.45) is 11.5 Å². The molecule has 100 valence electrons. The van der Waals surface area contributed by atoms with Gasteiger partial charge in [-0.25, -0.2) is 0 Å². The normalized spacial score (nSPS) is 23.5. The van der Waals surface area contributed by atoms with Gasteiger partial charge in [-0.05, 0) is 25.8 Å². The Hall–Kier alpha value is -0.650. The van der Waals surface area contributed by atoms with Crippen molar-refractivity contribution < 1.29 is 9.53 Å². The number of rotatable bonds is 7. The summed E-state index contributed by atoms with van der Waals surface area (Å²) >= 11 is 0. The van der Waals surface area contributed by atoms with Gasteiger partial charge >= 0.3 is 0 Å².